The highest BCUT2D eigenvalue weighted by atomic mass is 32.2. The number of nitrogens with one attached hydrogen (secondary N) is 1. The monoisotopic (exact) mass is 236 g/mol. The van der Waals surface area contributed by atoms with E-state index in [0.717, 1.165) is 20.0 Å². The van der Waals surface area contributed by atoms with Crippen molar-refractivity contribution in [3.63, 3.8) is 0 Å². The average Bonchev–Trinajstić information content (AvgIpc) is 2.09. The zero-order chi connectivity index (χ0) is 11.5. The molecule has 0 bridgehead atoms. The van der Waals surface area contributed by atoms with Gasteiger partial charge in [0.15, 0.2) is 5.75 Å². The fraction of sp³-hybridized carbons (Fsp3) is 0.875. The van der Waals surface area contributed by atoms with Crippen LogP contribution in [0.1, 0.15) is 12.8 Å². The molecule has 0 spiro atoms. The maximum absolute atomic E-state index is 11.3. The SMILES string of the molecule is COC(=O)CS(=O)(=O)NCC1CC(N)C1. The molecule has 0 atom stereocenters. The van der Waals surface area contributed by atoms with Crippen molar-refractivity contribution in [1.29, 1.82) is 0 Å². The van der Waals surface area contributed by atoms with Crippen LogP contribution in [-0.4, -0.2) is 39.8 Å². The predicted octanol–water partition coefficient (Wildman–Crippen LogP) is -1.18. The highest BCUT2D eigenvalue weighted by Crippen LogP contribution is 2.24. The molecule has 0 unspecified atom stereocenters. The summed E-state index contributed by atoms with van der Waals surface area (Å²) in [6, 6.07) is 0.195. The van der Waals surface area contributed by atoms with Gasteiger partial charge in [-0.1, -0.05) is 0 Å². The molecule has 88 valence electrons. The van der Waals surface area contributed by atoms with E-state index < -0.39 is 21.7 Å². The number of hydrogen-bond donors (Lipinski definition) is 2. The lowest BCUT2D eigenvalue weighted by Crippen LogP contribution is -2.43. The van der Waals surface area contributed by atoms with E-state index in [-0.39, 0.29) is 6.04 Å². The molecule has 1 saturated carbocycles. The van der Waals surface area contributed by atoms with Crippen LogP contribution in [-0.2, 0) is 19.6 Å². The van der Waals surface area contributed by atoms with E-state index in [1.165, 1.54) is 0 Å². The lowest BCUT2D eigenvalue weighted by atomic mass is 9.81. The van der Waals surface area contributed by atoms with Crippen LogP contribution in [0.15, 0.2) is 0 Å². The van der Waals surface area contributed by atoms with E-state index in [1.807, 2.05) is 0 Å². The van der Waals surface area contributed by atoms with Crippen molar-refractivity contribution in [3.05, 3.63) is 0 Å². The Morgan fingerprint density at radius 2 is 2.13 bits per heavy atom. The lowest BCUT2D eigenvalue weighted by molar-refractivity contribution is -0.137. The van der Waals surface area contributed by atoms with E-state index in [0.29, 0.717) is 12.5 Å². The van der Waals surface area contributed by atoms with Gasteiger partial charge in [-0.25, -0.2) is 13.1 Å². The lowest BCUT2D eigenvalue weighted by Gasteiger charge is -2.32. The molecule has 0 heterocycles. The van der Waals surface area contributed by atoms with Gasteiger partial charge < -0.3 is 10.5 Å². The summed E-state index contributed by atoms with van der Waals surface area (Å²) in [4.78, 5) is 10.7. The van der Waals surface area contributed by atoms with Gasteiger partial charge in [0.05, 0.1) is 7.11 Å². The maximum Gasteiger partial charge on any atom is 0.322 e. The minimum atomic E-state index is -3.55. The van der Waals surface area contributed by atoms with Crippen molar-refractivity contribution in [1.82, 2.24) is 4.72 Å². The number of methoxy groups -OCH3 is 1. The fourth-order valence-corrected chi connectivity index (χ4v) is 2.48. The van der Waals surface area contributed by atoms with Crippen molar-refractivity contribution < 1.29 is 17.9 Å². The van der Waals surface area contributed by atoms with Crippen LogP contribution < -0.4 is 10.5 Å². The molecule has 0 saturated heterocycles. The fourth-order valence-electron chi connectivity index (χ4n) is 1.46. The Morgan fingerprint density at radius 3 is 2.60 bits per heavy atom. The van der Waals surface area contributed by atoms with Crippen LogP contribution in [0, 0.1) is 5.92 Å². The second-order valence-electron chi connectivity index (χ2n) is 3.78. The Kier molecular flexibility index (Phi) is 4.06. The van der Waals surface area contributed by atoms with Crippen molar-refractivity contribution >= 4 is 16.0 Å². The molecular weight excluding hydrogens is 220 g/mol. The van der Waals surface area contributed by atoms with Crippen LogP contribution in [0.4, 0.5) is 0 Å². The van der Waals surface area contributed by atoms with Crippen molar-refractivity contribution in [3.8, 4) is 0 Å². The summed E-state index contributed by atoms with van der Waals surface area (Å²) in [6.07, 6.45) is 1.67. The van der Waals surface area contributed by atoms with Gasteiger partial charge in [-0.2, -0.15) is 0 Å². The van der Waals surface area contributed by atoms with Crippen molar-refractivity contribution in [2.45, 2.75) is 18.9 Å². The first-order valence-electron chi connectivity index (χ1n) is 4.72. The second-order valence-corrected chi connectivity index (χ2v) is 5.59. The summed E-state index contributed by atoms with van der Waals surface area (Å²) in [7, 11) is -2.39. The topological polar surface area (TPSA) is 98.5 Å². The van der Waals surface area contributed by atoms with Gasteiger partial charge in [0.25, 0.3) is 0 Å². The molecule has 0 aromatic rings. The third-order valence-corrected chi connectivity index (χ3v) is 3.62. The van der Waals surface area contributed by atoms with E-state index >= 15 is 0 Å². The molecule has 1 aliphatic carbocycles. The predicted molar refractivity (Wildman–Crippen MR) is 54.5 cm³/mol. The molecule has 15 heavy (non-hydrogen) atoms. The first-order chi connectivity index (χ1) is 6.93. The molecule has 0 aromatic heterocycles. The molecule has 6 nitrogen and oxygen atoms in total. The summed E-state index contributed by atoms with van der Waals surface area (Å²) in [5.74, 6) is -1.08. The first-order valence-corrected chi connectivity index (χ1v) is 6.38. The number of esters is 1. The summed E-state index contributed by atoms with van der Waals surface area (Å²) in [6.45, 7) is 0.354. The summed E-state index contributed by atoms with van der Waals surface area (Å²) < 4.78 is 29.2. The van der Waals surface area contributed by atoms with Gasteiger partial charge in [0.2, 0.25) is 10.0 Å². The number of ether oxygens (including phenoxy) is 1. The quantitative estimate of drug-likeness (QED) is 0.585. The molecule has 1 aliphatic rings. The van der Waals surface area contributed by atoms with Crippen LogP contribution >= 0.6 is 0 Å². The normalized spacial score (nSPS) is 25.7. The van der Waals surface area contributed by atoms with Crippen LogP contribution in [0.5, 0.6) is 0 Å². The number of nitrogens with two attached hydrogens (primary N) is 1. The smallest absolute Gasteiger partial charge is 0.322 e. The van der Waals surface area contributed by atoms with Crippen molar-refractivity contribution in [2.75, 3.05) is 19.4 Å². The summed E-state index contributed by atoms with van der Waals surface area (Å²) in [5.41, 5.74) is 5.56. The van der Waals surface area contributed by atoms with Crippen molar-refractivity contribution in [2.24, 2.45) is 11.7 Å². The second kappa shape index (κ2) is 4.91. The number of sulfonamides is 1. The average molecular weight is 236 g/mol. The molecule has 1 fully saturated rings. The molecule has 0 amide bonds. The van der Waals surface area contributed by atoms with Crippen LogP contribution in [0.25, 0.3) is 0 Å². The Morgan fingerprint density at radius 1 is 1.53 bits per heavy atom. The highest BCUT2D eigenvalue weighted by Gasteiger charge is 2.27. The molecule has 3 N–H and O–H groups in total. The summed E-state index contributed by atoms with van der Waals surface area (Å²) in [5, 5.41) is 0. The Bertz CT molecular complexity index is 322. The van der Waals surface area contributed by atoms with Gasteiger partial charge in [-0.3, -0.25) is 4.79 Å². The molecular formula is C8H16N2O4S. The zero-order valence-electron chi connectivity index (χ0n) is 8.60. The Balaban J connectivity index is 2.27. The van der Waals surface area contributed by atoms with Gasteiger partial charge in [0, 0.05) is 12.6 Å². The zero-order valence-corrected chi connectivity index (χ0v) is 9.42. The largest absolute Gasteiger partial charge is 0.468 e. The molecule has 0 aromatic carbocycles. The number of hydrogen-bond acceptors (Lipinski definition) is 5. The molecule has 7 heteroatoms. The molecule has 1 rings (SSSR count). The standard InChI is InChI=1S/C8H16N2O4S/c1-14-8(11)5-15(12,13)10-4-6-2-7(9)3-6/h6-7,10H,2-5,9H2,1H3. The third-order valence-electron chi connectivity index (χ3n) is 2.40. The minimum Gasteiger partial charge on any atom is -0.468 e. The number of carbonyl (C=O) groups is 1. The maximum atomic E-state index is 11.3. The number of carbonyl (C=O) groups excluding carboxylic acids is 1. The van der Waals surface area contributed by atoms with E-state index in [9.17, 15) is 13.2 Å². The Labute approximate surface area is 89.2 Å². The van der Waals surface area contributed by atoms with E-state index in [4.69, 9.17) is 5.73 Å². The number of rotatable bonds is 5. The molecule has 0 radical (unpaired) electrons. The van der Waals surface area contributed by atoms with Gasteiger partial charge in [-0.15, -0.1) is 0 Å². The van der Waals surface area contributed by atoms with Crippen LogP contribution in [0.2, 0.25) is 0 Å². The first kappa shape index (κ1) is 12.4. The molecule has 0 aliphatic heterocycles. The van der Waals surface area contributed by atoms with Gasteiger partial charge in [0.1, 0.15) is 0 Å². The van der Waals surface area contributed by atoms with Gasteiger partial charge >= 0.3 is 5.97 Å². The van der Waals surface area contributed by atoms with E-state index in [1.54, 1.807) is 0 Å². The summed E-state index contributed by atoms with van der Waals surface area (Å²) >= 11 is 0. The van der Waals surface area contributed by atoms with Crippen LogP contribution in [0.3, 0.4) is 0 Å². The van der Waals surface area contributed by atoms with E-state index in [2.05, 4.69) is 9.46 Å². The minimum absolute atomic E-state index is 0.195. The van der Waals surface area contributed by atoms with Gasteiger partial charge in [-0.05, 0) is 18.8 Å². The third kappa shape index (κ3) is 4.15. The highest BCUT2D eigenvalue weighted by molar-refractivity contribution is 7.90. The Hall–Kier alpha value is -0.660.